The van der Waals surface area contributed by atoms with Crippen molar-refractivity contribution in [3.63, 3.8) is 0 Å². The Kier molecular flexibility index (Phi) is 5.29. The average Bonchev–Trinajstić information content (AvgIpc) is 2.47. The SMILES string of the molecule is CCS(=O)(=O)N1CCC(COc2ccc(Cl)cc2)CC1. The van der Waals surface area contributed by atoms with E-state index in [0.717, 1.165) is 18.6 Å². The Balaban J connectivity index is 1.79. The number of sulfonamides is 1. The molecule has 2 rings (SSSR count). The predicted molar refractivity (Wildman–Crippen MR) is 80.7 cm³/mol. The number of hydrogen-bond donors (Lipinski definition) is 0. The number of hydrogen-bond acceptors (Lipinski definition) is 3. The van der Waals surface area contributed by atoms with Crippen LogP contribution in [0, 0.1) is 5.92 Å². The third-order valence-electron chi connectivity index (χ3n) is 3.63. The van der Waals surface area contributed by atoms with Gasteiger partial charge in [0.05, 0.1) is 12.4 Å². The second-order valence-corrected chi connectivity index (χ2v) is 7.70. The van der Waals surface area contributed by atoms with E-state index >= 15 is 0 Å². The van der Waals surface area contributed by atoms with Crippen LogP contribution in [-0.4, -0.2) is 38.2 Å². The van der Waals surface area contributed by atoms with Crippen LogP contribution in [0.25, 0.3) is 0 Å². The summed E-state index contributed by atoms with van der Waals surface area (Å²) in [5.74, 6) is 1.39. The summed E-state index contributed by atoms with van der Waals surface area (Å²) in [7, 11) is -3.04. The second-order valence-electron chi connectivity index (χ2n) is 5.01. The maximum atomic E-state index is 11.8. The van der Waals surface area contributed by atoms with Gasteiger partial charge in [-0.15, -0.1) is 0 Å². The molecule has 0 spiro atoms. The molecule has 1 aliphatic rings. The van der Waals surface area contributed by atoms with Gasteiger partial charge in [0.25, 0.3) is 0 Å². The molecule has 0 unspecified atom stereocenters. The van der Waals surface area contributed by atoms with Crippen molar-refractivity contribution in [1.29, 1.82) is 0 Å². The van der Waals surface area contributed by atoms with Crippen molar-refractivity contribution < 1.29 is 13.2 Å². The first-order valence-electron chi connectivity index (χ1n) is 6.87. The highest BCUT2D eigenvalue weighted by molar-refractivity contribution is 7.89. The van der Waals surface area contributed by atoms with E-state index in [1.54, 1.807) is 23.4 Å². The first-order chi connectivity index (χ1) is 9.51. The summed E-state index contributed by atoms with van der Waals surface area (Å²) in [6.07, 6.45) is 1.71. The van der Waals surface area contributed by atoms with Crippen LogP contribution in [-0.2, 0) is 10.0 Å². The van der Waals surface area contributed by atoms with E-state index in [-0.39, 0.29) is 5.75 Å². The Morgan fingerprint density at radius 3 is 2.40 bits per heavy atom. The minimum absolute atomic E-state index is 0.180. The third kappa shape index (κ3) is 4.11. The van der Waals surface area contributed by atoms with E-state index in [4.69, 9.17) is 16.3 Å². The number of rotatable bonds is 5. The molecule has 0 N–H and O–H groups in total. The molecule has 20 heavy (non-hydrogen) atoms. The summed E-state index contributed by atoms with van der Waals surface area (Å²) in [5.41, 5.74) is 0. The lowest BCUT2D eigenvalue weighted by Gasteiger charge is -2.30. The molecule has 1 aromatic carbocycles. The zero-order chi connectivity index (χ0) is 14.6. The molecular formula is C14H20ClNO3S. The van der Waals surface area contributed by atoms with Gasteiger partial charge in [0.2, 0.25) is 10.0 Å². The lowest BCUT2D eigenvalue weighted by atomic mass is 9.99. The molecule has 0 aromatic heterocycles. The van der Waals surface area contributed by atoms with E-state index in [2.05, 4.69) is 0 Å². The van der Waals surface area contributed by atoms with Gasteiger partial charge in [0, 0.05) is 18.1 Å². The molecule has 4 nitrogen and oxygen atoms in total. The van der Waals surface area contributed by atoms with Gasteiger partial charge in [-0.3, -0.25) is 0 Å². The summed E-state index contributed by atoms with van der Waals surface area (Å²) in [4.78, 5) is 0. The maximum Gasteiger partial charge on any atom is 0.213 e. The van der Waals surface area contributed by atoms with Crippen LogP contribution in [0.1, 0.15) is 19.8 Å². The van der Waals surface area contributed by atoms with Gasteiger partial charge < -0.3 is 4.74 Å². The van der Waals surface area contributed by atoms with Crippen LogP contribution in [0.5, 0.6) is 5.75 Å². The summed E-state index contributed by atoms with van der Waals surface area (Å²) in [5, 5.41) is 0.690. The van der Waals surface area contributed by atoms with Crippen molar-refractivity contribution in [2.45, 2.75) is 19.8 Å². The fourth-order valence-corrected chi connectivity index (χ4v) is 3.54. The van der Waals surface area contributed by atoms with E-state index < -0.39 is 10.0 Å². The minimum Gasteiger partial charge on any atom is -0.493 e. The van der Waals surface area contributed by atoms with Gasteiger partial charge >= 0.3 is 0 Å². The lowest BCUT2D eigenvalue weighted by Crippen LogP contribution is -2.40. The van der Waals surface area contributed by atoms with Gasteiger partial charge in [-0.25, -0.2) is 12.7 Å². The van der Waals surface area contributed by atoms with E-state index in [1.807, 2.05) is 12.1 Å². The van der Waals surface area contributed by atoms with Crippen molar-refractivity contribution >= 4 is 21.6 Å². The molecule has 0 saturated carbocycles. The highest BCUT2D eigenvalue weighted by Gasteiger charge is 2.26. The number of halogens is 1. The highest BCUT2D eigenvalue weighted by Crippen LogP contribution is 2.22. The van der Waals surface area contributed by atoms with Gasteiger partial charge in [-0.2, -0.15) is 0 Å². The number of ether oxygens (including phenoxy) is 1. The normalized spacial score (nSPS) is 18.1. The van der Waals surface area contributed by atoms with Crippen molar-refractivity contribution in [3.8, 4) is 5.75 Å². The first-order valence-corrected chi connectivity index (χ1v) is 8.86. The molecule has 1 fully saturated rings. The smallest absolute Gasteiger partial charge is 0.213 e. The highest BCUT2D eigenvalue weighted by atomic mass is 35.5. The molecule has 112 valence electrons. The molecule has 6 heteroatoms. The quantitative estimate of drug-likeness (QED) is 0.839. The van der Waals surface area contributed by atoms with E-state index in [1.165, 1.54) is 0 Å². The molecular weight excluding hydrogens is 298 g/mol. The van der Waals surface area contributed by atoms with Crippen LogP contribution >= 0.6 is 11.6 Å². The average molecular weight is 318 g/mol. The first kappa shape index (κ1) is 15.6. The molecule has 0 aliphatic carbocycles. The maximum absolute atomic E-state index is 11.8. The van der Waals surface area contributed by atoms with Crippen LogP contribution in [0.2, 0.25) is 5.02 Å². The molecule has 1 aromatic rings. The third-order valence-corrected chi connectivity index (χ3v) is 5.76. The Morgan fingerprint density at radius 2 is 1.85 bits per heavy atom. The topological polar surface area (TPSA) is 46.6 Å². The Labute approximate surface area is 125 Å². The summed E-state index contributed by atoms with van der Waals surface area (Å²) >= 11 is 5.82. The number of piperidine rings is 1. The predicted octanol–water partition coefficient (Wildman–Crippen LogP) is 2.78. The largest absolute Gasteiger partial charge is 0.493 e. The Morgan fingerprint density at radius 1 is 1.25 bits per heavy atom. The molecule has 1 saturated heterocycles. The molecule has 1 aliphatic heterocycles. The van der Waals surface area contributed by atoms with Gasteiger partial charge in [-0.1, -0.05) is 11.6 Å². The molecule has 1 heterocycles. The fourth-order valence-electron chi connectivity index (χ4n) is 2.28. The van der Waals surface area contributed by atoms with Crippen LogP contribution in [0.15, 0.2) is 24.3 Å². The van der Waals surface area contributed by atoms with Crippen molar-refractivity contribution in [1.82, 2.24) is 4.31 Å². The number of benzene rings is 1. The summed E-state index contributed by atoms with van der Waals surface area (Å²) in [6.45, 7) is 3.52. The Hall–Kier alpha value is -0.780. The van der Waals surface area contributed by atoms with Crippen LogP contribution in [0.4, 0.5) is 0 Å². The van der Waals surface area contributed by atoms with Crippen LogP contribution < -0.4 is 4.74 Å². The van der Waals surface area contributed by atoms with Crippen molar-refractivity contribution in [3.05, 3.63) is 29.3 Å². The number of nitrogens with zero attached hydrogens (tertiary/aromatic N) is 1. The molecule has 0 radical (unpaired) electrons. The van der Waals surface area contributed by atoms with Crippen LogP contribution in [0.3, 0.4) is 0 Å². The summed E-state index contributed by atoms with van der Waals surface area (Å²) in [6, 6.07) is 7.29. The monoisotopic (exact) mass is 317 g/mol. The summed E-state index contributed by atoms with van der Waals surface area (Å²) < 4.78 is 30.8. The Bertz CT molecular complexity index is 522. The van der Waals surface area contributed by atoms with Crippen molar-refractivity contribution in [2.75, 3.05) is 25.4 Å². The zero-order valence-electron chi connectivity index (χ0n) is 11.6. The zero-order valence-corrected chi connectivity index (χ0v) is 13.2. The standard InChI is InChI=1S/C14H20ClNO3S/c1-2-20(17,18)16-9-7-12(8-10-16)11-19-14-5-3-13(15)4-6-14/h3-6,12H,2,7-11H2,1H3. The van der Waals surface area contributed by atoms with Gasteiger partial charge in [0.15, 0.2) is 0 Å². The molecule has 0 bridgehead atoms. The van der Waals surface area contributed by atoms with Gasteiger partial charge in [0.1, 0.15) is 5.75 Å². The van der Waals surface area contributed by atoms with E-state index in [0.29, 0.717) is 30.6 Å². The minimum atomic E-state index is -3.04. The molecule has 0 atom stereocenters. The molecule has 0 amide bonds. The lowest BCUT2D eigenvalue weighted by molar-refractivity contribution is 0.185. The second kappa shape index (κ2) is 6.78. The fraction of sp³-hybridized carbons (Fsp3) is 0.571. The van der Waals surface area contributed by atoms with Gasteiger partial charge in [-0.05, 0) is 49.9 Å². The van der Waals surface area contributed by atoms with E-state index in [9.17, 15) is 8.42 Å². The van der Waals surface area contributed by atoms with Crippen molar-refractivity contribution in [2.24, 2.45) is 5.92 Å².